The van der Waals surface area contributed by atoms with Crippen LogP contribution in [0.3, 0.4) is 0 Å². The zero-order valence-corrected chi connectivity index (χ0v) is 8.86. The van der Waals surface area contributed by atoms with Crippen molar-refractivity contribution in [3.63, 3.8) is 0 Å². The van der Waals surface area contributed by atoms with Crippen molar-refractivity contribution < 1.29 is 9.84 Å². The molecule has 2 N–H and O–H groups in total. The molecule has 1 aromatic carbocycles. The minimum atomic E-state index is 0.177. The van der Waals surface area contributed by atoms with Gasteiger partial charge in [0.1, 0.15) is 5.75 Å². The molecule has 1 aliphatic heterocycles. The van der Waals surface area contributed by atoms with Gasteiger partial charge in [-0.05, 0) is 12.1 Å². The Hall–Kier alpha value is -1.42. The molecule has 0 bridgehead atoms. The van der Waals surface area contributed by atoms with Crippen LogP contribution < -0.4 is 15.0 Å². The summed E-state index contributed by atoms with van der Waals surface area (Å²) in [4.78, 5) is 2.16. The summed E-state index contributed by atoms with van der Waals surface area (Å²) >= 11 is 0. The maximum absolute atomic E-state index is 8.98. The van der Waals surface area contributed by atoms with Crippen molar-refractivity contribution in [1.82, 2.24) is 0 Å². The number of fused-ring (bicyclic) bond motifs is 1. The number of anilines is 2. The Morgan fingerprint density at radius 1 is 1.53 bits per heavy atom. The van der Waals surface area contributed by atoms with Crippen molar-refractivity contribution >= 4 is 11.4 Å². The maximum atomic E-state index is 8.98. The molecular formula is C11H16N2O2. The summed E-state index contributed by atoms with van der Waals surface area (Å²) < 4.78 is 5.19. The van der Waals surface area contributed by atoms with Gasteiger partial charge in [0.05, 0.1) is 25.1 Å². The topological polar surface area (TPSA) is 44.7 Å². The smallest absolute Gasteiger partial charge is 0.121 e. The molecule has 82 valence electrons. The molecule has 1 aromatic rings. The van der Waals surface area contributed by atoms with Gasteiger partial charge in [-0.3, -0.25) is 0 Å². The molecule has 1 heterocycles. The third-order valence-electron chi connectivity index (χ3n) is 2.61. The molecule has 0 saturated carbocycles. The van der Waals surface area contributed by atoms with Crippen LogP contribution in [0.15, 0.2) is 18.2 Å². The van der Waals surface area contributed by atoms with Crippen LogP contribution in [0.1, 0.15) is 0 Å². The summed E-state index contributed by atoms with van der Waals surface area (Å²) in [6.45, 7) is 2.68. The molecule has 4 nitrogen and oxygen atoms in total. The van der Waals surface area contributed by atoms with E-state index >= 15 is 0 Å². The zero-order chi connectivity index (χ0) is 10.7. The predicted molar refractivity (Wildman–Crippen MR) is 60.8 cm³/mol. The molecule has 0 saturated heterocycles. The van der Waals surface area contributed by atoms with Crippen LogP contribution in [-0.2, 0) is 0 Å². The van der Waals surface area contributed by atoms with E-state index in [0.29, 0.717) is 6.54 Å². The minimum Gasteiger partial charge on any atom is -0.497 e. The standard InChI is InChI=1S/C11H16N2O2/c1-15-9-2-3-10-11(8-9)13(6-7-14)5-4-12-10/h2-3,8,12,14H,4-7H2,1H3. The Bertz CT molecular complexity index is 341. The van der Waals surface area contributed by atoms with E-state index in [1.807, 2.05) is 18.2 Å². The first-order chi connectivity index (χ1) is 7.35. The van der Waals surface area contributed by atoms with Crippen molar-refractivity contribution in [2.45, 2.75) is 0 Å². The second-order valence-electron chi connectivity index (χ2n) is 3.52. The summed E-state index contributed by atoms with van der Waals surface area (Å²) in [7, 11) is 1.66. The van der Waals surface area contributed by atoms with E-state index in [2.05, 4.69) is 10.2 Å². The fourth-order valence-electron chi connectivity index (χ4n) is 1.85. The minimum absolute atomic E-state index is 0.177. The number of ether oxygens (including phenoxy) is 1. The molecule has 4 heteroatoms. The molecule has 0 amide bonds. The number of aliphatic hydroxyl groups is 1. The fourth-order valence-corrected chi connectivity index (χ4v) is 1.85. The summed E-state index contributed by atoms with van der Waals surface area (Å²) in [5.74, 6) is 0.848. The molecule has 1 aliphatic rings. The van der Waals surface area contributed by atoms with Gasteiger partial charge in [-0.2, -0.15) is 0 Å². The molecule has 0 aliphatic carbocycles. The van der Waals surface area contributed by atoms with Crippen LogP contribution in [0.2, 0.25) is 0 Å². The highest BCUT2D eigenvalue weighted by Crippen LogP contribution is 2.32. The molecule has 0 radical (unpaired) electrons. The Balaban J connectivity index is 2.30. The van der Waals surface area contributed by atoms with Gasteiger partial charge >= 0.3 is 0 Å². The normalized spacial score (nSPS) is 14.4. The first kappa shape index (κ1) is 10.1. The number of methoxy groups -OCH3 is 1. The van der Waals surface area contributed by atoms with Gasteiger partial charge in [0.15, 0.2) is 0 Å². The summed E-state index contributed by atoms with van der Waals surface area (Å²) in [5.41, 5.74) is 2.21. The molecule has 0 aromatic heterocycles. The van der Waals surface area contributed by atoms with E-state index in [-0.39, 0.29) is 6.61 Å². The van der Waals surface area contributed by atoms with Crippen molar-refractivity contribution in [1.29, 1.82) is 0 Å². The largest absolute Gasteiger partial charge is 0.497 e. The lowest BCUT2D eigenvalue weighted by Gasteiger charge is -2.31. The Kier molecular flexibility index (Phi) is 2.97. The second kappa shape index (κ2) is 4.40. The average Bonchev–Trinajstić information content (AvgIpc) is 2.29. The van der Waals surface area contributed by atoms with E-state index in [1.54, 1.807) is 7.11 Å². The molecule has 0 fully saturated rings. The summed E-state index contributed by atoms with van der Waals surface area (Å²) in [5, 5.41) is 12.3. The lowest BCUT2D eigenvalue weighted by molar-refractivity contribution is 0.302. The lowest BCUT2D eigenvalue weighted by Crippen LogP contribution is -2.35. The van der Waals surface area contributed by atoms with Crippen LogP contribution in [0, 0.1) is 0 Å². The third kappa shape index (κ3) is 1.99. The van der Waals surface area contributed by atoms with Crippen molar-refractivity contribution in [2.75, 3.05) is 43.6 Å². The Morgan fingerprint density at radius 3 is 3.13 bits per heavy atom. The third-order valence-corrected chi connectivity index (χ3v) is 2.61. The van der Waals surface area contributed by atoms with Gasteiger partial charge in [-0.1, -0.05) is 0 Å². The van der Waals surface area contributed by atoms with Gasteiger partial charge < -0.3 is 20.1 Å². The number of rotatable bonds is 3. The van der Waals surface area contributed by atoms with Gasteiger partial charge in [0, 0.05) is 25.7 Å². The van der Waals surface area contributed by atoms with E-state index in [9.17, 15) is 0 Å². The van der Waals surface area contributed by atoms with Gasteiger partial charge in [-0.25, -0.2) is 0 Å². The van der Waals surface area contributed by atoms with Crippen LogP contribution in [0.25, 0.3) is 0 Å². The quantitative estimate of drug-likeness (QED) is 0.775. The lowest BCUT2D eigenvalue weighted by atomic mass is 10.2. The highest BCUT2D eigenvalue weighted by atomic mass is 16.5. The zero-order valence-electron chi connectivity index (χ0n) is 8.86. The number of hydrogen-bond acceptors (Lipinski definition) is 4. The first-order valence-corrected chi connectivity index (χ1v) is 5.13. The monoisotopic (exact) mass is 208 g/mol. The van der Waals surface area contributed by atoms with Gasteiger partial charge in [-0.15, -0.1) is 0 Å². The number of hydrogen-bond donors (Lipinski definition) is 2. The second-order valence-corrected chi connectivity index (χ2v) is 3.52. The van der Waals surface area contributed by atoms with Crippen molar-refractivity contribution in [2.24, 2.45) is 0 Å². The highest BCUT2D eigenvalue weighted by molar-refractivity contribution is 5.73. The summed E-state index contributed by atoms with van der Waals surface area (Å²) in [6.07, 6.45) is 0. The fraction of sp³-hybridized carbons (Fsp3) is 0.455. The number of β-amino-alcohol motifs (C(OH)–C–C–N with tert-alkyl or cyclic N) is 1. The van der Waals surface area contributed by atoms with Crippen LogP contribution in [0.4, 0.5) is 11.4 Å². The highest BCUT2D eigenvalue weighted by Gasteiger charge is 2.16. The summed E-state index contributed by atoms with van der Waals surface area (Å²) in [6, 6.07) is 5.95. The molecular weight excluding hydrogens is 192 g/mol. The average molecular weight is 208 g/mol. The number of aliphatic hydroxyl groups excluding tert-OH is 1. The first-order valence-electron chi connectivity index (χ1n) is 5.13. The van der Waals surface area contributed by atoms with E-state index < -0.39 is 0 Å². The molecule has 0 unspecified atom stereocenters. The molecule has 0 atom stereocenters. The SMILES string of the molecule is COc1ccc2c(c1)N(CCO)CCN2. The van der Waals surface area contributed by atoms with Crippen LogP contribution >= 0.6 is 0 Å². The van der Waals surface area contributed by atoms with Crippen molar-refractivity contribution in [3.8, 4) is 5.75 Å². The van der Waals surface area contributed by atoms with Gasteiger partial charge in [0.25, 0.3) is 0 Å². The Morgan fingerprint density at radius 2 is 2.40 bits per heavy atom. The maximum Gasteiger partial charge on any atom is 0.121 e. The van der Waals surface area contributed by atoms with E-state index in [0.717, 1.165) is 30.2 Å². The number of benzene rings is 1. The molecule has 15 heavy (non-hydrogen) atoms. The number of nitrogens with zero attached hydrogens (tertiary/aromatic N) is 1. The van der Waals surface area contributed by atoms with Crippen LogP contribution in [-0.4, -0.2) is 38.5 Å². The number of nitrogens with one attached hydrogen (secondary N) is 1. The van der Waals surface area contributed by atoms with Gasteiger partial charge in [0.2, 0.25) is 0 Å². The van der Waals surface area contributed by atoms with Crippen molar-refractivity contribution in [3.05, 3.63) is 18.2 Å². The Labute approximate surface area is 89.5 Å². The molecule has 0 spiro atoms. The van der Waals surface area contributed by atoms with Crippen LogP contribution in [0.5, 0.6) is 5.75 Å². The predicted octanol–water partition coefficient (Wildman–Crippen LogP) is 0.919. The molecule has 2 rings (SSSR count). The van der Waals surface area contributed by atoms with E-state index in [4.69, 9.17) is 9.84 Å². The van der Waals surface area contributed by atoms with E-state index in [1.165, 1.54) is 0 Å².